The lowest BCUT2D eigenvalue weighted by atomic mass is 10.2. The van der Waals surface area contributed by atoms with Crippen molar-refractivity contribution in [2.24, 2.45) is 0 Å². The maximum atomic E-state index is 11.3. The van der Waals surface area contributed by atoms with E-state index in [9.17, 15) is 9.59 Å². The topological polar surface area (TPSA) is 64.6 Å². The van der Waals surface area contributed by atoms with Crippen molar-refractivity contribution in [2.75, 3.05) is 20.3 Å². The Bertz CT molecular complexity index is 250. The normalized spacial score (nSPS) is 13.1. The monoisotopic (exact) mass is 251 g/mol. The third-order valence-corrected chi connectivity index (χ3v) is 1.90. The summed E-state index contributed by atoms with van der Waals surface area (Å²) in [6.07, 6.45) is 0. The lowest BCUT2D eigenvalue weighted by Gasteiger charge is -2.19. The Labute approximate surface area is 100 Å². The van der Waals surface area contributed by atoms with Crippen LogP contribution in [-0.2, 0) is 19.1 Å². The van der Waals surface area contributed by atoms with Crippen molar-refractivity contribution in [2.45, 2.75) is 31.7 Å². The van der Waals surface area contributed by atoms with Gasteiger partial charge in [-0.2, -0.15) is 0 Å². The molecule has 0 aliphatic rings. The van der Waals surface area contributed by atoms with Gasteiger partial charge in [0.1, 0.15) is 12.0 Å². The Morgan fingerprint density at radius 1 is 1.38 bits per heavy atom. The van der Waals surface area contributed by atoms with Gasteiger partial charge in [-0.25, -0.2) is 0 Å². The number of ether oxygens (including phenoxy) is 2. The second-order valence-electron chi connectivity index (χ2n) is 4.20. The van der Waals surface area contributed by atoms with E-state index in [1.807, 2.05) is 20.8 Å². The summed E-state index contributed by atoms with van der Waals surface area (Å²) in [5.41, 5.74) is -0.375. The zero-order valence-corrected chi connectivity index (χ0v) is 10.8. The fraction of sp³-hybridized carbons (Fsp3) is 0.800. The Balaban J connectivity index is 3.78. The first-order chi connectivity index (χ1) is 7.26. The van der Waals surface area contributed by atoms with Crippen molar-refractivity contribution >= 4 is 23.5 Å². The molecule has 0 aromatic rings. The molecule has 5 nitrogen and oxygen atoms in total. The second-order valence-corrected chi connectivity index (χ2v) is 4.72. The molecule has 0 aromatic carbocycles. The van der Waals surface area contributed by atoms with Crippen LogP contribution in [0.3, 0.4) is 0 Å². The lowest BCUT2D eigenvalue weighted by Crippen LogP contribution is -2.37. The van der Waals surface area contributed by atoms with E-state index in [0.717, 1.165) is 0 Å². The van der Waals surface area contributed by atoms with E-state index >= 15 is 0 Å². The molecule has 1 N–H and O–H groups in total. The first kappa shape index (κ1) is 15.2. The van der Waals surface area contributed by atoms with Crippen molar-refractivity contribution in [3.05, 3.63) is 0 Å². The quantitative estimate of drug-likeness (QED) is 0.577. The summed E-state index contributed by atoms with van der Waals surface area (Å²) in [5, 5.41) is 1.60. The summed E-state index contributed by atoms with van der Waals surface area (Å²) in [6.45, 7) is 5.51. The van der Waals surface area contributed by atoms with Crippen LogP contribution in [0.5, 0.6) is 0 Å². The van der Waals surface area contributed by atoms with Crippen LogP contribution in [-0.4, -0.2) is 43.1 Å². The van der Waals surface area contributed by atoms with Crippen LogP contribution in [0.25, 0.3) is 0 Å². The highest BCUT2D eigenvalue weighted by Gasteiger charge is 2.17. The molecule has 0 fully saturated rings. The molecule has 0 spiro atoms. The Morgan fingerprint density at radius 2 is 1.94 bits per heavy atom. The Morgan fingerprint density at radius 3 is 2.38 bits per heavy atom. The molecule has 94 valence electrons. The number of methoxy groups -OCH3 is 1. The fourth-order valence-electron chi connectivity index (χ4n) is 0.748. The van der Waals surface area contributed by atoms with E-state index in [4.69, 9.17) is 16.3 Å². The number of halogens is 1. The van der Waals surface area contributed by atoms with E-state index in [1.165, 1.54) is 7.11 Å². The number of hydrogen-bond acceptors (Lipinski definition) is 4. The standard InChI is InChI=1S/C10H18ClNO4/c1-10(2,3)16-6-8(13)12-5-7(11)9(14)15-4/h7H,5-6H2,1-4H3,(H,12,13). The minimum absolute atomic E-state index is 0.0283. The van der Waals surface area contributed by atoms with Crippen LogP contribution >= 0.6 is 11.6 Å². The van der Waals surface area contributed by atoms with Gasteiger partial charge in [-0.15, -0.1) is 11.6 Å². The summed E-state index contributed by atoms with van der Waals surface area (Å²) in [5.74, 6) is -0.886. The molecule has 0 aromatic heterocycles. The molecular formula is C10H18ClNO4. The molecular weight excluding hydrogens is 234 g/mol. The molecule has 0 heterocycles. The number of hydrogen-bond donors (Lipinski definition) is 1. The predicted octanol–water partition coefficient (Wildman–Crippen LogP) is 0.698. The molecule has 6 heteroatoms. The van der Waals surface area contributed by atoms with E-state index in [-0.39, 0.29) is 24.7 Å². The van der Waals surface area contributed by atoms with Crippen LogP contribution in [0.2, 0.25) is 0 Å². The largest absolute Gasteiger partial charge is 0.468 e. The van der Waals surface area contributed by atoms with Gasteiger partial charge in [0.15, 0.2) is 0 Å². The molecule has 0 aliphatic heterocycles. The van der Waals surface area contributed by atoms with Gasteiger partial charge in [0.05, 0.1) is 12.7 Å². The summed E-state index contributed by atoms with van der Waals surface area (Å²) in [7, 11) is 1.24. The average Bonchev–Trinajstić information content (AvgIpc) is 2.20. The van der Waals surface area contributed by atoms with Crippen LogP contribution < -0.4 is 5.32 Å². The summed E-state index contributed by atoms with van der Waals surface area (Å²) in [4.78, 5) is 22.2. The van der Waals surface area contributed by atoms with E-state index in [0.29, 0.717) is 0 Å². The number of alkyl halides is 1. The van der Waals surface area contributed by atoms with Crippen molar-refractivity contribution in [3.63, 3.8) is 0 Å². The minimum atomic E-state index is -0.872. The van der Waals surface area contributed by atoms with Gasteiger partial charge in [-0.3, -0.25) is 9.59 Å². The highest BCUT2D eigenvalue weighted by atomic mass is 35.5. The molecule has 1 amide bonds. The smallest absolute Gasteiger partial charge is 0.325 e. The highest BCUT2D eigenvalue weighted by molar-refractivity contribution is 6.30. The Hall–Kier alpha value is -0.810. The lowest BCUT2D eigenvalue weighted by molar-refractivity contribution is -0.140. The van der Waals surface area contributed by atoms with Gasteiger partial charge in [0.2, 0.25) is 5.91 Å². The molecule has 1 atom stereocenters. The minimum Gasteiger partial charge on any atom is -0.468 e. The average molecular weight is 252 g/mol. The van der Waals surface area contributed by atoms with E-state index < -0.39 is 11.3 Å². The molecule has 0 saturated carbocycles. The maximum absolute atomic E-state index is 11.3. The number of rotatable bonds is 5. The SMILES string of the molecule is COC(=O)C(Cl)CNC(=O)COC(C)(C)C. The van der Waals surface area contributed by atoms with E-state index in [1.54, 1.807) is 0 Å². The zero-order valence-electron chi connectivity index (χ0n) is 10.0. The second kappa shape index (κ2) is 6.70. The molecule has 0 bridgehead atoms. The number of amides is 1. The zero-order chi connectivity index (χ0) is 12.8. The summed E-state index contributed by atoms with van der Waals surface area (Å²) >= 11 is 5.64. The van der Waals surface area contributed by atoms with Crippen molar-refractivity contribution in [1.82, 2.24) is 5.32 Å². The third kappa shape index (κ3) is 7.48. The number of nitrogens with one attached hydrogen (secondary N) is 1. The van der Waals surface area contributed by atoms with Gasteiger partial charge in [-0.1, -0.05) is 0 Å². The molecule has 16 heavy (non-hydrogen) atoms. The maximum Gasteiger partial charge on any atom is 0.325 e. The van der Waals surface area contributed by atoms with Crippen molar-refractivity contribution < 1.29 is 19.1 Å². The van der Waals surface area contributed by atoms with Crippen LogP contribution in [0.15, 0.2) is 0 Å². The summed E-state index contributed by atoms with van der Waals surface area (Å²) < 4.78 is 9.64. The van der Waals surface area contributed by atoms with Gasteiger partial charge in [0, 0.05) is 6.54 Å². The van der Waals surface area contributed by atoms with Crippen molar-refractivity contribution in [1.29, 1.82) is 0 Å². The van der Waals surface area contributed by atoms with Gasteiger partial charge in [0.25, 0.3) is 0 Å². The van der Waals surface area contributed by atoms with Crippen molar-refractivity contribution in [3.8, 4) is 0 Å². The fourth-order valence-corrected chi connectivity index (χ4v) is 0.914. The predicted molar refractivity (Wildman–Crippen MR) is 60.4 cm³/mol. The van der Waals surface area contributed by atoms with Crippen LogP contribution in [0, 0.1) is 0 Å². The Kier molecular flexibility index (Phi) is 6.36. The molecule has 0 aliphatic carbocycles. The van der Waals surface area contributed by atoms with Crippen LogP contribution in [0.4, 0.5) is 0 Å². The van der Waals surface area contributed by atoms with Crippen LogP contribution in [0.1, 0.15) is 20.8 Å². The van der Waals surface area contributed by atoms with Gasteiger partial charge in [-0.05, 0) is 20.8 Å². The molecule has 0 saturated heterocycles. The highest BCUT2D eigenvalue weighted by Crippen LogP contribution is 2.05. The molecule has 0 rings (SSSR count). The molecule has 1 unspecified atom stereocenters. The first-order valence-corrected chi connectivity index (χ1v) is 5.32. The van der Waals surface area contributed by atoms with Gasteiger partial charge >= 0.3 is 5.97 Å². The van der Waals surface area contributed by atoms with Gasteiger partial charge < -0.3 is 14.8 Å². The first-order valence-electron chi connectivity index (χ1n) is 4.89. The number of carbonyl (C=O) groups excluding carboxylic acids is 2. The number of esters is 1. The molecule has 0 radical (unpaired) electrons. The third-order valence-electron chi connectivity index (χ3n) is 1.57. The number of carbonyl (C=O) groups is 2. The summed E-state index contributed by atoms with van der Waals surface area (Å²) in [6, 6.07) is 0. The van der Waals surface area contributed by atoms with E-state index in [2.05, 4.69) is 10.1 Å².